The molecule has 1 saturated heterocycles. The molecule has 5 heteroatoms. The zero-order valence-corrected chi connectivity index (χ0v) is 13.5. The molecule has 0 unspecified atom stereocenters. The van der Waals surface area contributed by atoms with Gasteiger partial charge >= 0.3 is 6.09 Å². The highest BCUT2D eigenvalue weighted by Crippen LogP contribution is 2.24. The van der Waals surface area contributed by atoms with Crippen LogP contribution in [0.5, 0.6) is 0 Å². The summed E-state index contributed by atoms with van der Waals surface area (Å²) in [6, 6.07) is 3.85. The van der Waals surface area contributed by atoms with Crippen molar-refractivity contribution in [3.63, 3.8) is 0 Å². The van der Waals surface area contributed by atoms with Crippen molar-refractivity contribution < 1.29 is 18.7 Å². The maximum Gasteiger partial charge on any atom is 0.410 e. The van der Waals surface area contributed by atoms with E-state index in [0.717, 1.165) is 6.42 Å². The van der Waals surface area contributed by atoms with Crippen molar-refractivity contribution >= 4 is 11.9 Å². The Hall–Kier alpha value is -1.91. The molecule has 1 heterocycles. The second kappa shape index (κ2) is 6.07. The lowest BCUT2D eigenvalue weighted by molar-refractivity contribution is 0.0222. The molecule has 0 saturated carbocycles. The standard InChI is InChI=1S/C17H22FNO3/c1-11-7-8-12(10-13(11)18)15(20)14-6-5-9-19(14)16(21)22-17(2,3)4/h7-8,10,14H,5-6,9H2,1-4H3/t14-/m0/s1. The second-order valence-electron chi connectivity index (χ2n) is 6.66. The van der Waals surface area contributed by atoms with Crippen LogP contribution in [0.25, 0.3) is 0 Å². The summed E-state index contributed by atoms with van der Waals surface area (Å²) in [6.45, 7) is 7.49. The Bertz CT molecular complexity index is 592. The van der Waals surface area contributed by atoms with E-state index in [-0.39, 0.29) is 5.78 Å². The Labute approximate surface area is 130 Å². The van der Waals surface area contributed by atoms with Crippen LogP contribution in [0.15, 0.2) is 18.2 Å². The minimum Gasteiger partial charge on any atom is -0.444 e. The van der Waals surface area contributed by atoms with Gasteiger partial charge in [0, 0.05) is 12.1 Å². The van der Waals surface area contributed by atoms with E-state index in [4.69, 9.17) is 4.74 Å². The number of ether oxygens (including phenoxy) is 1. The average molecular weight is 307 g/mol. The predicted molar refractivity (Wildman–Crippen MR) is 81.4 cm³/mol. The molecule has 0 aromatic heterocycles. The number of hydrogen-bond acceptors (Lipinski definition) is 3. The molecule has 1 aromatic rings. The number of likely N-dealkylation sites (tertiary alicyclic amines) is 1. The van der Waals surface area contributed by atoms with Crippen molar-refractivity contribution in [3.05, 3.63) is 35.1 Å². The van der Waals surface area contributed by atoms with Gasteiger partial charge in [0.2, 0.25) is 0 Å². The van der Waals surface area contributed by atoms with E-state index >= 15 is 0 Å². The maximum atomic E-state index is 13.6. The van der Waals surface area contributed by atoms with Crippen molar-refractivity contribution in [2.45, 2.75) is 52.2 Å². The van der Waals surface area contributed by atoms with Crippen LogP contribution in [-0.2, 0) is 4.74 Å². The smallest absolute Gasteiger partial charge is 0.410 e. The Balaban J connectivity index is 2.17. The van der Waals surface area contributed by atoms with Gasteiger partial charge in [0.25, 0.3) is 0 Å². The molecule has 1 aromatic carbocycles. The number of Topliss-reactive ketones (excluding diaryl/α,β-unsaturated/α-hetero) is 1. The Morgan fingerprint density at radius 3 is 2.59 bits per heavy atom. The third kappa shape index (κ3) is 3.64. The van der Waals surface area contributed by atoms with Crippen LogP contribution in [0.4, 0.5) is 9.18 Å². The van der Waals surface area contributed by atoms with E-state index in [1.807, 2.05) is 0 Å². The zero-order valence-electron chi connectivity index (χ0n) is 13.5. The van der Waals surface area contributed by atoms with Gasteiger partial charge in [0.15, 0.2) is 5.78 Å². The minimum absolute atomic E-state index is 0.234. The molecule has 22 heavy (non-hydrogen) atoms. The second-order valence-corrected chi connectivity index (χ2v) is 6.66. The van der Waals surface area contributed by atoms with Crippen LogP contribution in [0.1, 0.15) is 49.5 Å². The quantitative estimate of drug-likeness (QED) is 0.782. The fourth-order valence-electron chi connectivity index (χ4n) is 2.52. The minimum atomic E-state index is -0.608. The molecule has 2 rings (SSSR count). The molecule has 0 aliphatic carbocycles. The monoisotopic (exact) mass is 307 g/mol. The molecular weight excluding hydrogens is 285 g/mol. The first-order valence-corrected chi connectivity index (χ1v) is 7.49. The summed E-state index contributed by atoms with van der Waals surface area (Å²) < 4.78 is 19.0. The molecule has 1 fully saturated rings. The summed E-state index contributed by atoms with van der Waals surface area (Å²) in [7, 11) is 0. The number of rotatable bonds is 2. The SMILES string of the molecule is Cc1ccc(C(=O)[C@@H]2CCCN2C(=O)OC(C)(C)C)cc1F. The van der Waals surface area contributed by atoms with Gasteiger partial charge in [-0.15, -0.1) is 0 Å². The zero-order chi connectivity index (χ0) is 16.5. The van der Waals surface area contributed by atoms with Gasteiger partial charge < -0.3 is 4.74 Å². The van der Waals surface area contributed by atoms with Crippen LogP contribution in [-0.4, -0.2) is 35.0 Å². The summed E-state index contributed by atoms with van der Waals surface area (Å²) in [5, 5.41) is 0. The normalized spacial score (nSPS) is 18.4. The van der Waals surface area contributed by atoms with Gasteiger partial charge in [-0.05, 0) is 52.2 Å². The third-order valence-electron chi connectivity index (χ3n) is 3.64. The van der Waals surface area contributed by atoms with Crippen molar-refractivity contribution in [2.75, 3.05) is 6.54 Å². The lowest BCUT2D eigenvalue weighted by atomic mass is 10.0. The number of ketones is 1. The predicted octanol–water partition coefficient (Wildman–Crippen LogP) is 3.72. The van der Waals surface area contributed by atoms with Crippen molar-refractivity contribution in [2.24, 2.45) is 0 Å². The lowest BCUT2D eigenvalue weighted by Gasteiger charge is -2.28. The van der Waals surface area contributed by atoms with E-state index in [2.05, 4.69) is 0 Å². The number of amides is 1. The molecule has 1 aliphatic heterocycles. The maximum absolute atomic E-state index is 13.6. The van der Waals surface area contributed by atoms with Crippen LogP contribution in [0.2, 0.25) is 0 Å². The van der Waals surface area contributed by atoms with Crippen molar-refractivity contribution in [1.29, 1.82) is 0 Å². The largest absolute Gasteiger partial charge is 0.444 e. The molecule has 0 spiro atoms. The van der Waals surface area contributed by atoms with E-state index in [0.29, 0.717) is 24.1 Å². The van der Waals surface area contributed by atoms with Crippen LogP contribution < -0.4 is 0 Å². The van der Waals surface area contributed by atoms with Crippen molar-refractivity contribution in [3.8, 4) is 0 Å². The topological polar surface area (TPSA) is 46.6 Å². The fourth-order valence-corrected chi connectivity index (χ4v) is 2.52. The molecule has 1 aliphatic rings. The highest BCUT2D eigenvalue weighted by Gasteiger charge is 2.36. The molecule has 0 bridgehead atoms. The third-order valence-corrected chi connectivity index (χ3v) is 3.64. The van der Waals surface area contributed by atoms with Crippen LogP contribution in [0, 0.1) is 12.7 Å². The summed E-state index contributed by atoms with van der Waals surface area (Å²) in [5.74, 6) is -0.644. The van der Waals surface area contributed by atoms with Crippen molar-refractivity contribution in [1.82, 2.24) is 4.90 Å². The summed E-state index contributed by atoms with van der Waals surface area (Å²) >= 11 is 0. The molecule has 4 nitrogen and oxygen atoms in total. The van der Waals surface area contributed by atoms with Gasteiger partial charge in [-0.25, -0.2) is 9.18 Å². The van der Waals surface area contributed by atoms with E-state index < -0.39 is 23.6 Å². The van der Waals surface area contributed by atoms with Gasteiger partial charge in [0.05, 0.1) is 6.04 Å². The fraction of sp³-hybridized carbons (Fsp3) is 0.529. The van der Waals surface area contributed by atoms with Crippen LogP contribution >= 0.6 is 0 Å². The lowest BCUT2D eigenvalue weighted by Crippen LogP contribution is -2.43. The Kier molecular flexibility index (Phi) is 4.54. The number of benzene rings is 1. The number of hydrogen-bond donors (Lipinski definition) is 0. The number of carbonyl (C=O) groups is 2. The van der Waals surface area contributed by atoms with Gasteiger partial charge in [-0.3, -0.25) is 9.69 Å². The highest BCUT2D eigenvalue weighted by atomic mass is 19.1. The highest BCUT2D eigenvalue weighted by molar-refractivity contribution is 6.01. The van der Waals surface area contributed by atoms with Gasteiger partial charge in [-0.1, -0.05) is 12.1 Å². The summed E-state index contributed by atoms with van der Waals surface area (Å²) in [5.41, 5.74) is 0.180. The average Bonchev–Trinajstić information content (AvgIpc) is 2.88. The number of aryl methyl sites for hydroxylation is 1. The molecule has 1 amide bonds. The first-order chi connectivity index (χ1) is 10.2. The van der Waals surface area contributed by atoms with E-state index in [9.17, 15) is 14.0 Å². The van der Waals surface area contributed by atoms with Gasteiger partial charge in [0.1, 0.15) is 11.4 Å². The Morgan fingerprint density at radius 1 is 1.32 bits per heavy atom. The molecule has 0 radical (unpaired) electrons. The Morgan fingerprint density at radius 2 is 2.00 bits per heavy atom. The number of nitrogens with zero attached hydrogens (tertiary/aromatic N) is 1. The number of carbonyl (C=O) groups excluding carboxylic acids is 2. The van der Waals surface area contributed by atoms with Gasteiger partial charge in [-0.2, -0.15) is 0 Å². The molecule has 0 N–H and O–H groups in total. The van der Waals surface area contributed by atoms with E-state index in [1.54, 1.807) is 39.8 Å². The summed E-state index contributed by atoms with van der Waals surface area (Å²) in [6.07, 6.45) is 0.827. The van der Waals surface area contributed by atoms with E-state index in [1.165, 1.54) is 11.0 Å². The first-order valence-electron chi connectivity index (χ1n) is 7.49. The van der Waals surface area contributed by atoms with Crippen LogP contribution in [0.3, 0.4) is 0 Å². The summed E-state index contributed by atoms with van der Waals surface area (Å²) in [4.78, 5) is 26.2. The number of halogens is 1. The molecule has 120 valence electrons. The first kappa shape index (κ1) is 16.5. The molecule has 1 atom stereocenters. The molecular formula is C17H22FNO3.